The van der Waals surface area contributed by atoms with Gasteiger partial charge < -0.3 is 9.32 Å². The van der Waals surface area contributed by atoms with Gasteiger partial charge in [-0.1, -0.05) is 18.2 Å². The Kier molecular flexibility index (Phi) is 4.38. The Hall–Kier alpha value is -3.08. The van der Waals surface area contributed by atoms with Crippen LogP contribution < -0.4 is 5.63 Å². The molecule has 1 atom stereocenters. The van der Waals surface area contributed by atoms with Gasteiger partial charge in [-0.2, -0.15) is 0 Å². The molecule has 5 heteroatoms. The van der Waals surface area contributed by atoms with Crippen LogP contribution in [-0.2, 0) is 0 Å². The van der Waals surface area contributed by atoms with Crippen molar-refractivity contribution in [2.45, 2.75) is 32.6 Å². The zero-order chi connectivity index (χ0) is 20.0. The van der Waals surface area contributed by atoms with Crippen LogP contribution in [0.15, 0.2) is 63.3 Å². The van der Waals surface area contributed by atoms with Crippen LogP contribution in [0.1, 0.15) is 41.7 Å². The van der Waals surface area contributed by atoms with E-state index in [1.807, 2.05) is 28.4 Å². The van der Waals surface area contributed by atoms with E-state index in [-0.39, 0.29) is 11.5 Å². The van der Waals surface area contributed by atoms with Gasteiger partial charge in [0.25, 0.3) is 5.91 Å². The second kappa shape index (κ2) is 7.07. The summed E-state index contributed by atoms with van der Waals surface area (Å²) in [5.74, 6) is 0.443. The number of carbonyl (C=O) groups is 1. The van der Waals surface area contributed by atoms with Crippen LogP contribution in [0.2, 0.25) is 0 Å². The van der Waals surface area contributed by atoms with Crippen LogP contribution in [0.5, 0.6) is 0 Å². The van der Waals surface area contributed by atoms with Crippen molar-refractivity contribution in [3.63, 3.8) is 0 Å². The number of benzene rings is 1. The number of hydrogen-bond acceptors (Lipinski definition) is 3. The summed E-state index contributed by atoms with van der Waals surface area (Å²) in [7, 11) is 0. The average Bonchev–Trinajstić information content (AvgIpc) is 3.14. The van der Waals surface area contributed by atoms with Crippen LogP contribution in [-0.4, -0.2) is 28.3 Å². The summed E-state index contributed by atoms with van der Waals surface area (Å²) in [5.41, 5.74) is 3.79. The highest BCUT2D eigenvalue weighted by Crippen LogP contribution is 2.28. The number of amides is 1. The number of likely N-dealkylation sites (tertiary alicyclic amines) is 1. The molecule has 1 amide bonds. The van der Waals surface area contributed by atoms with Gasteiger partial charge in [0.05, 0.1) is 10.9 Å². The number of piperidine rings is 1. The van der Waals surface area contributed by atoms with Gasteiger partial charge in [0, 0.05) is 36.3 Å². The van der Waals surface area contributed by atoms with Crippen molar-refractivity contribution >= 4 is 22.5 Å². The first-order valence-corrected chi connectivity index (χ1v) is 10.3. The molecule has 0 bridgehead atoms. The summed E-state index contributed by atoms with van der Waals surface area (Å²) in [6, 6.07) is 8.98. The van der Waals surface area contributed by atoms with Gasteiger partial charge in [-0.3, -0.25) is 9.20 Å². The maximum atomic E-state index is 13.3. The summed E-state index contributed by atoms with van der Waals surface area (Å²) < 4.78 is 7.29. The van der Waals surface area contributed by atoms with Gasteiger partial charge >= 0.3 is 5.63 Å². The first kappa shape index (κ1) is 18.0. The standard InChI is InChI=1S/C24H24N2O3/c1-16-9-12-22-26(16)21-14-18(10-11-20(21)24(28)29-22)23(27)25-13-5-8-19(15-25)17-6-3-2-4-7-17/h3,6-7,9-12,14,19H,2,4-5,8,13,15H2,1H3. The Morgan fingerprint density at radius 3 is 2.90 bits per heavy atom. The lowest BCUT2D eigenvalue weighted by Gasteiger charge is -2.34. The molecule has 0 N–H and O–H groups in total. The number of allylic oxidation sites excluding steroid dienone is 3. The minimum absolute atomic E-state index is 0.0307. The fourth-order valence-corrected chi connectivity index (χ4v) is 4.63. The van der Waals surface area contributed by atoms with E-state index in [0.717, 1.165) is 50.0 Å². The van der Waals surface area contributed by atoms with Gasteiger partial charge in [-0.05, 0) is 62.4 Å². The highest BCUT2D eigenvalue weighted by molar-refractivity contribution is 5.98. The lowest BCUT2D eigenvalue weighted by atomic mass is 9.87. The molecular weight excluding hydrogens is 364 g/mol. The predicted molar refractivity (Wildman–Crippen MR) is 113 cm³/mol. The highest BCUT2D eigenvalue weighted by atomic mass is 16.4. The zero-order valence-corrected chi connectivity index (χ0v) is 16.6. The Balaban J connectivity index is 1.50. The molecule has 1 saturated heterocycles. The number of aryl methyl sites for hydroxylation is 1. The summed E-state index contributed by atoms with van der Waals surface area (Å²) in [6.07, 6.45) is 11.1. The molecule has 29 heavy (non-hydrogen) atoms. The van der Waals surface area contributed by atoms with Crippen LogP contribution in [0.3, 0.4) is 0 Å². The minimum atomic E-state index is -0.376. The first-order valence-electron chi connectivity index (χ1n) is 10.3. The van der Waals surface area contributed by atoms with E-state index in [9.17, 15) is 9.59 Å². The van der Waals surface area contributed by atoms with E-state index in [1.165, 1.54) is 5.57 Å². The van der Waals surface area contributed by atoms with E-state index in [2.05, 4.69) is 18.2 Å². The smallest absolute Gasteiger partial charge is 0.346 e. The molecule has 1 aliphatic heterocycles. The quantitative estimate of drug-likeness (QED) is 0.650. The van der Waals surface area contributed by atoms with Crippen LogP contribution in [0.25, 0.3) is 16.6 Å². The van der Waals surface area contributed by atoms with Crippen LogP contribution >= 0.6 is 0 Å². The molecule has 0 spiro atoms. The second-order valence-electron chi connectivity index (χ2n) is 8.04. The maximum Gasteiger partial charge on any atom is 0.346 e. The maximum absolute atomic E-state index is 13.3. The second-order valence-corrected chi connectivity index (χ2v) is 8.04. The first-order chi connectivity index (χ1) is 14.1. The van der Waals surface area contributed by atoms with Crippen molar-refractivity contribution in [1.29, 1.82) is 0 Å². The van der Waals surface area contributed by atoms with Crippen molar-refractivity contribution in [3.8, 4) is 0 Å². The molecule has 5 nitrogen and oxygen atoms in total. The molecule has 1 unspecified atom stereocenters. The predicted octanol–water partition coefficient (Wildman–Crippen LogP) is 4.48. The molecule has 148 valence electrons. The average molecular weight is 388 g/mol. The summed E-state index contributed by atoms with van der Waals surface area (Å²) in [5, 5.41) is 0.488. The van der Waals surface area contributed by atoms with Crippen molar-refractivity contribution in [3.05, 3.63) is 75.8 Å². The van der Waals surface area contributed by atoms with E-state index < -0.39 is 0 Å². The molecule has 5 rings (SSSR count). The lowest BCUT2D eigenvalue weighted by molar-refractivity contribution is 0.0692. The largest absolute Gasteiger partial charge is 0.405 e. The number of nitrogens with zero attached hydrogens (tertiary/aromatic N) is 2. The van der Waals surface area contributed by atoms with E-state index in [1.54, 1.807) is 18.2 Å². The molecule has 3 aromatic rings. The normalized spacial score (nSPS) is 19.7. The van der Waals surface area contributed by atoms with Gasteiger partial charge in [-0.25, -0.2) is 4.79 Å². The number of carbonyl (C=O) groups excluding carboxylic acids is 1. The molecule has 1 fully saturated rings. The van der Waals surface area contributed by atoms with Crippen molar-refractivity contribution in [2.24, 2.45) is 5.92 Å². The molecule has 3 heterocycles. The van der Waals surface area contributed by atoms with Gasteiger partial charge in [-0.15, -0.1) is 0 Å². The van der Waals surface area contributed by atoms with E-state index in [4.69, 9.17) is 4.42 Å². The summed E-state index contributed by atoms with van der Waals surface area (Å²) >= 11 is 0. The third kappa shape index (κ3) is 3.11. The Morgan fingerprint density at radius 2 is 2.07 bits per heavy atom. The lowest BCUT2D eigenvalue weighted by Crippen LogP contribution is -2.40. The van der Waals surface area contributed by atoms with Crippen LogP contribution in [0.4, 0.5) is 0 Å². The van der Waals surface area contributed by atoms with E-state index >= 15 is 0 Å². The van der Waals surface area contributed by atoms with E-state index in [0.29, 0.717) is 22.6 Å². The molecule has 1 aliphatic carbocycles. The Morgan fingerprint density at radius 1 is 1.17 bits per heavy atom. The van der Waals surface area contributed by atoms with Crippen molar-refractivity contribution < 1.29 is 9.21 Å². The van der Waals surface area contributed by atoms with Crippen molar-refractivity contribution in [1.82, 2.24) is 9.30 Å². The number of hydrogen-bond donors (Lipinski definition) is 0. The Labute approximate surface area is 168 Å². The van der Waals surface area contributed by atoms with Crippen molar-refractivity contribution in [2.75, 3.05) is 13.1 Å². The third-order valence-electron chi connectivity index (χ3n) is 6.15. The summed E-state index contributed by atoms with van der Waals surface area (Å²) in [4.78, 5) is 27.6. The Bertz CT molecular complexity index is 1230. The third-order valence-corrected chi connectivity index (χ3v) is 6.15. The fraction of sp³-hybridized carbons (Fsp3) is 0.333. The van der Waals surface area contributed by atoms with Gasteiger partial charge in [0.1, 0.15) is 0 Å². The topological polar surface area (TPSA) is 54.9 Å². The molecule has 1 aromatic carbocycles. The number of rotatable bonds is 2. The molecular formula is C24H24N2O3. The van der Waals surface area contributed by atoms with Crippen LogP contribution in [0, 0.1) is 12.8 Å². The SMILES string of the molecule is Cc1ccc2oc(=O)c3ccc(C(=O)N4CCCC(C5=CCCC=C5)C4)cc3n12. The number of aromatic nitrogens is 1. The molecule has 2 aromatic heterocycles. The van der Waals surface area contributed by atoms with Gasteiger partial charge in [0.2, 0.25) is 5.71 Å². The van der Waals surface area contributed by atoms with Gasteiger partial charge in [0.15, 0.2) is 0 Å². The minimum Gasteiger partial charge on any atom is -0.405 e. The summed E-state index contributed by atoms with van der Waals surface area (Å²) in [6.45, 7) is 3.49. The highest BCUT2D eigenvalue weighted by Gasteiger charge is 2.26. The fourth-order valence-electron chi connectivity index (χ4n) is 4.63. The molecule has 2 aliphatic rings. The molecule has 0 radical (unpaired) electrons. The zero-order valence-electron chi connectivity index (χ0n) is 16.6. The molecule has 0 saturated carbocycles. The number of fused-ring (bicyclic) bond motifs is 3. The monoisotopic (exact) mass is 388 g/mol.